The third kappa shape index (κ3) is 1.16. The molecule has 0 radical (unpaired) electrons. The summed E-state index contributed by atoms with van der Waals surface area (Å²) in [5.41, 5.74) is 2.64. The van der Waals surface area contributed by atoms with E-state index >= 15 is 0 Å². The predicted octanol–water partition coefficient (Wildman–Crippen LogP) is 1.89. The molecule has 0 saturated heterocycles. The molecule has 2 nitrogen and oxygen atoms in total. The number of halogens is 1. The van der Waals surface area contributed by atoms with E-state index in [0.717, 1.165) is 27.4 Å². The quantitative estimate of drug-likeness (QED) is 0.535. The average Bonchev–Trinajstić information content (AvgIpc) is 2.59. The lowest BCUT2D eigenvalue weighted by atomic mass is 9.93. The second-order valence-corrected chi connectivity index (χ2v) is 3.96. The third-order valence-corrected chi connectivity index (χ3v) is 2.85. The molecule has 0 aliphatic rings. The monoisotopic (exact) mass is 215 g/mol. The Morgan fingerprint density at radius 3 is 3.00 bits per heavy atom. The van der Waals surface area contributed by atoms with Crippen molar-refractivity contribution in [2.45, 2.75) is 0 Å². The van der Waals surface area contributed by atoms with Gasteiger partial charge in [0, 0.05) is 17.0 Å². The van der Waals surface area contributed by atoms with Gasteiger partial charge < -0.3 is 4.42 Å². The maximum Gasteiger partial charge on any atom is 0.154 e. The van der Waals surface area contributed by atoms with E-state index in [1.54, 1.807) is 6.20 Å². The van der Waals surface area contributed by atoms with E-state index in [4.69, 9.17) is 16.0 Å². The first kappa shape index (κ1) is 8.80. The van der Waals surface area contributed by atoms with E-state index in [1.165, 1.54) is 0 Å². The Hall–Kier alpha value is -1.48. The number of hydrogen-bond acceptors (Lipinski definition) is 2. The standard InChI is InChI=1S/C11H7BClNO/c12-7-4-14-5-9-10(7)6-2-1-3-8(13)11(6)15-9/h1-5H,12H2. The van der Waals surface area contributed by atoms with Crippen molar-refractivity contribution in [3.63, 3.8) is 0 Å². The lowest BCUT2D eigenvalue weighted by Crippen LogP contribution is -2.02. The van der Waals surface area contributed by atoms with Crippen molar-refractivity contribution in [3.8, 4) is 0 Å². The molecule has 1 aromatic carbocycles. The number of fused-ring (bicyclic) bond motifs is 3. The third-order valence-electron chi connectivity index (χ3n) is 2.55. The smallest absolute Gasteiger partial charge is 0.154 e. The van der Waals surface area contributed by atoms with Crippen LogP contribution in [0.5, 0.6) is 0 Å². The zero-order valence-corrected chi connectivity index (χ0v) is 8.88. The molecular weight excluding hydrogens is 208 g/mol. The molecule has 2 heterocycles. The van der Waals surface area contributed by atoms with Crippen molar-refractivity contribution in [2.75, 3.05) is 0 Å². The molecule has 0 bridgehead atoms. The highest BCUT2D eigenvalue weighted by Crippen LogP contribution is 2.31. The van der Waals surface area contributed by atoms with Gasteiger partial charge in [-0.25, -0.2) is 0 Å². The zero-order valence-electron chi connectivity index (χ0n) is 8.12. The Labute approximate surface area is 92.3 Å². The number of hydrogen-bond donors (Lipinski definition) is 0. The van der Waals surface area contributed by atoms with Crippen molar-refractivity contribution in [2.24, 2.45) is 0 Å². The summed E-state index contributed by atoms with van der Waals surface area (Å²) in [6, 6.07) is 5.77. The Kier molecular flexibility index (Phi) is 1.76. The zero-order chi connectivity index (χ0) is 10.4. The number of rotatable bonds is 0. The fourth-order valence-electron chi connectivity index (χ4n) is 1.88. The van der Waals surface area contributed by atoms with Crippen LogP contribution in [0, 0.1) is 0 Å². The van der Waals surface area contributed by atoms with Crippen LogP contribution in [0.4, 0.5) is 0 Å². The van der Waals surface area contributed by atoms with Crippen LogP contribution in [-0.2, 0) is 0 Å². The summed E-state index contributed by atoms with van der Waals surface area (Å²) in [4.78, 5) is 4.10. The first-order valence-corrected chi connectivity index (χ1v) is 5.06. The minimum atomic E-state index is 0.642. The Balaban J connectivity index is 2.65. The van der Waals surface area contributed by atoms with Gasteiger partial charge in [0.1, 0.15) is 7.85 Å². The van der Waals surface area contributed by atoms with Crippen LogP contribution in [0.1, 0.15) is 0 Å². The molecule has 2 aromatic heterocycles. The van der Waals surface area contributed by atoms with Gasteiger partial charge in [-0.2, -0.15) is 0 Å². The van der Waals surface area contributed by atoms with Gasteiger partial charge in [0.05, 0.1) is 11.2 Å². The van der Waals surface area contributed by atoms with Gasteiger partial charge in [0.2, 0.25) is 0 Å². The summed E-state index contributed by atoms with van der Waals surface area (Å²) in [6.07, 6.45) is 3.55. The lowest BCUT2D eigenvalue weighted by molar-refractivity contribution is 0.667. The number of nitrogens with zero attached hydrogens (tertiary/aromatic N) is 1. The van der Waals surface area contributed by atoms with Crippen LogP contribution >= 0.6 is 11.6 Å². The second-order valence-electron chi connectivity index (χ2n) is 3.55. The molecule has 3 aromatic rings. The lowest BCUT2D eigenvalue weighted by Gasteiger charge is -1.93. The first-order valence-electron chi connectivity index (χ1n) is 4.68. The van der Waals surface area contributed by atoms with Gasteiger partial charge in [-0.05, 0) is 6.07 Å². The SMILES string of the molecule is Bc1cncc2oc3c(Cl)cccc3c12. The number of aromatic nitrogens is 1. The Morgan fingerprint density at radius 2 is 2.13 bits per heavy atom. The van der Waals surface area contributed by atoms with Gasteiger partial charge in [-0.15, -0.1) is 0 Å². The van der Waals surface area contributed by atoms with Crippen molar-refractivity contribution < 1.29 is 4.42 Å². The second kappa shape index (κ2) is 3.01. The highest BCUT2D eigenvalue weighted by Gasteiger charge is 2.10. The molecule has 0 aliphatic carbocycles. The van der Waals surface area contributed by atoms with Crippen molar-refractivity contribution >= 4 is 46.8 Å². The fourth-order valence-corrected chi connectivity index (χ4v) is 2.10. The van der Waals surface area contributed by atoms with Gasteiger partial charge in [-0.1, -0.05) is 29.2 Å². The maximum absolute atomic E-state index is 6.07. The van der Waals surface area contributed by atoms with E-state index in [0.29, 0.717) is 5.02 Å². The van der Waals surface area contributed by atoms with Gasteiger partial charge in [0.25, 0.3) is 0 Å². The number of furan rings is 1. The largest absolute Gasteiger partial charge is 0.453 e. The summed E-state index contributed by atoms with van der Waals surface area (Å²) >= 11 is 6.07. The minimum absolute atomic E-state index is 0.642. The first-order chi connectivity index (χ1) is 7.27. The van der Waals surface area contributed by atoms with Crippen molar-refractivity contribution in [1.29, 1.82) is 0 Å². The summed E-state index contributed by atoms with van der Waals surface area (Å²) in [6.45, 7) is 0. The molecule has 0 amide bonds. The van der Waals surface area contributed by atoms with E-state index in [-0.39, 0.29) is 0 Å². The molecule has 0 atom stereocenters. The van der Waals surface area contributed by atoms with Gasteiger partial charge in [0.15, 0.2) is 11.2 Å². The molecule has 0 spiro atoms. The van der Waals surface area contributed by atoms with Gasteiger partial charge in [-0.3, -0.25) is 4.98 Å². The fraction of sp³-hybridized carbons (Fsp3) is 0. The normalized spacial score (nSPS) is 11.3. The average molecular weight is 215 g/mol. The summed E-state index contributed by atoms with van der Waals surface area (Å²) in [7, 11) is 2.02. The minimum Gasteiger partial charge on any atom is -0.453 e. The molecule has 0 unspecified atom stereocenters. The van der Waals surface area contributed by atoms with Crippen molar-refractivity contribution in [3.05, 3.63) is 35.6 Å². The topological polar surface area (TPSA) is 26.0 Å². The van der Waals surface area contributed by atoms with Crippen molar-refractivity contribution in [1.82, 2.24) is 4.98 Å². The molecule has 3 rings (SSSR count). The van der Waals surface area contributed by atoms with Crippen LogP contribution in [0.25, 0.3) is 21.9 Å². The van der Waals surface area contributed by atoms with Gasteiger partial charge >= 0.3 is 0 Å². The predicted molar refractivity (Wildman–Crippen MR) is 64.7 cm³/mol. The molecule has 0 aliphatic heterocycles. The number of pyridine rings is 1. The van der Waals surface area contributed by atoms with Crippen LogP contribution in [0.2, 0.25) is 5.02 Å². The Bertz CT molecular complexity index is 662. The van der Waals surface area contributed by atoms with E-state index in [9.17, 15) is 0 Å². The number of benzene rings is 1. The van der Waals surface area contributed by atoms with Crippen LogP contribution in [0.3, 0.4) is 0 Å². The molecule has 0 N–H and O–H groups in total. The Morgan fingerprint density at radius 1 is 1.27 bits per heavy atom. The van der Waals surface area contributed by atoms with Crippen LogP contribution in [-0.4, -0.2) is 12.8 Å². The number of para-hydroxylation sites is 1. The molecule has 15 heavy (non-hydrogen) atoms. The highest BCUT2D eigenvalue weighted by atomic mass is 35.5. The van der Waals surface area contributed by atoms with E-state index in [2.05, 4.69) is 4.98 Å². The summed E-state index contributed by atoms with van der Waals surface area (Å²) in [5, 5.41) is 2.79. The van der Waals surface area contributed by atoms with E-state index in [1.807, 2.05) is 32.2 Å². The molecule has 0 saturated carbocycles. The maximum atomic E-state index is 6.07. The van der Waals surface area contributed by atoms with E-state index < -0.39 is 0 Å². The molecule has 4 heteroatoms. The summed E-state index contributed by atoms with van der Waals surface area (Å²) < 4.78 is 5.67. The summed E-state index contributed by atoms with van der Waals surface area (Å²) in [5.74, 6) is 0. The highest BCUT2D eigenvalue weighted by molar-refractivity contribution is 6.42. The van der Waals surface area contributed by atoms with Crippen LogP contribution in [0.15, 0.2) is 35.0 Å². The molecule has 72 valence electrons. The molecular formula is C11H7BClNO. The molecule has 0 fully saturated rings. The van der Waals surface area contributed by atoms with Crippen LogP contribution < -0.4 is 5.46 Å².